The number of halogens is 1. The van der Waals surface area contributed by atoms with Gasteiger partial charge in [0.05, 0.1) is 12.2 Å². The van der Waals surface area contributed by atoms with Gasteiger partial charge in [-0.3, -0.25) is 9.47 Å². The number of hydrogen-bond acceptors (Lipinski definition) is 5. The maximum atomic E-state index is 13.9. The highest BCUT2D eigenvalue weighted by Crippen LogP contribution is 2.22. The van der Waals surface area contributed by atoms with E-state index in [0.29, 0.717) is 44.1 Å². The molecule has 1 aliphatic heterocycles. The molecule has 9 heteroatoms. The van der Waals surface area contributed by atoms with E-state index in [-0.39, 0.29) is 11.8 Å². The van der Waals surface area contributed by atoms with Crippen LogP contribution < -0.4 is 5.32 Å². The van der Waals surface area contributed by atoms with Crippen LogP contribution in [0.1, 0.15) is 12.2 Å². The molecule has 31 heavy (non-hydrogen) atoms. The number of carbonyl (C=O) groups is 1. The lowest BCUT2D eigenvalue weighted by Gasteiger charge is -2.34. The number of carbonyl (C=O) groups excluding carboxylic acids is 1. The number of hydrogen-bond donors (Lipinski definition) is 1. The number of benzene rings is 1. The molecule has 0 spiro atoms. The first-order valence-electron chi connectivity index (χ1n) is 10.5. The van der Waals surface area contributed by atoms with E-state index in [0.717, 1.165) is 30.9 Å². The van der Waals surface area contributed by atoms with Crippen LogP contribution in [0.3, 0.4) is 0 Å². The number of amides is 2. The first-order chi connectivity index (χ1) is 15.2. The molecule has 2 amide bonds. The van der Waals surface area contributed by atoms with Gasteiger partial charge in [0.2, 0.25) is 0 Å². The lowest BCUT2D eigenvalue weighted by molar-refractivity contribution is 0.132. The molecule has 0 atom stereocenters. The third-order valence-electron chi connectivity index (χ3n) is 5.38. The average molecular weight is 426 g/mol. The standard InChI is InChI=1S/C22H27FN6O2/c1-31-14-4-9-25-22(30)28-12-10-27(11-13-28)16-20-26-19-7-3-8-24-21(19)29(20)18-6-2-5-17(23)15-18/h2-3,5-8,15H,4,9-14,16H2,1H3,(H,25,30). The van der Waals surface area contributed by atoms with E-state index in [4.69, 9.17) is 9.72 Å². The highest BCUT2D eigenvalue weighted by atomic mass is 19.1. The van der Waals surface area contributed by atoms with Crippen LogP contribution in [0.25, 0.3) is 16.9 Å². The molecule has 1 fully saturated rings. The van der Waals surface area contributed by atoms with Crippen LogP contribution >= 0.6 is 0 Å². The van der Waals surface area contributed by atoms with Crippen LogP contribution in [-0.4, -0.2) is 76.8 Å². The van der Waals surface area contributed by atoms with E-state index in [2.05, 4.69) is 15.2 Å². The molecule has 0 bridgehead atoms. The zero-order valence-corrected chi connectivity index (χ0v) is 17.6. The molecule has 4 rings (SSSR count). The molecule has 3 heterocycles. The summed E-state index contributed by atoms with van der Waals surface area (Å²) in [4.78, 5) is 25.6. The Kier molecular flexibility index (Phi) is 6.73. The Balaban J connectivity index is 1.44. The van der Waals surface area contributed by atoms with Crippen molar-refractivity contribution in [3.05, 3.63) is 54.2 Å². The van der Waals surface area contributed by atoms with Gasteiger partial charge in [-0.1, -0.05) is 6.07 Å². The second kappa shape index (κ2) is 9.84. The van der Waals surface area contributed by atoms with E-state index in [1.165, 1.54) is 12.1 Å². The maximum Gasteiger partial charge on any atom is 0.317 e. The third-order valence-corrected chi connectivity index (χ3v) is 5.38. The van der Waals surface area contributed by atoms with E-state index >= 15 is 0 Å². The minimum atomic E-state index is -0.300. The summed E-state index contributed by atoms with van der Waals surface area (Å²) in [6, 6.07) is 10.2. The Morgan fingerprint density at radius 1 is 1.19 bits per heavy atom. The lowest BCUT2D eigenvalue weighted by Crippen LogP contribution is -2.51. The zero-order chi connectivity index (χ0) is 21.6. The predicted octanol–water partition coefficient (Wildman–Crippen LogP) is 2.42. The Hall–Kier alpha value is -3.04. The molecule has 1 saturated heterocycles. The molecule has 0 saturated carbocycles. The van der Waals surface area contributed by atoms with Crippen molar-refractivity contribution in [2.24, 2.45) is 0 Å². The number of methoxy groups -OCH3 is 1. The highest BCUT2D eigenvalue weighted by Gasteiger charge is 2.23. The maximum absolute atomic E-state index is 13.9. The molecule has 3 aromatic rings. The van der Waals surface area contributed by atoms with Gasteiger partial charge in [0.25, 0.3) is 0 Å². The SMILES string of the molecule is COCCCNC(=O)N1CCN(Cc2nc3cccnc3n2-c2cccc(F)c2)CC1. The van der Waals surface area contributed by atoms with E-state index < -0.39 is 0 Å². The van der Waals surface area contributed by atoms with Crippen LogP contribution in [0.4, 0.5) is 9.18 Å². The molecule has 164 valence electrons. The van der Waals surface area contributed by atoms with Gasteiger partial charge >= 0.3 is 6.03 Å². The van der Waals surface area contributed by atoms with Gasteiger partial charge < -0.3 is 15.0 Å². The molecule has 1 aliphatic rings. The van der Waals surface area contributed by atoms with Crippen molar-refractivity contribution in [1.82, 2.24) is 29.7 Å². The van der Waals surface area contributed by atoms with Crippen LogP contribution in [0, 0.1) is 5.82 Å². The lowest BCUT2D eigenvalue weighted by atomic mass is 10.3. The van der Waals surface area contributed by atoms with Gasteiger partial charge in [0, 0.05) is 52.6 Å². The molecular formula is C22H27FN6O2. The smallest absolute Gasteiger partial charge is 0.317 e. The number of fused-ring (bicyclic) bond motifs is 1. The van der Waals surface area contributed by atoms with Crippen molar-refractivity contribution in [1.29, 1.82) is 0 Å². The molecule has 0 radical (unpaired) electrons. The van der Waals surface area contributed by atoms with E-state index in [1.54, 1.807) is 19.4 Å². The number of imidazole rings is 1. The minimum absolute atomic E-state index is 0.0352. The largest absolute Gasteiger partial charge is 0.385 e. The van der Waals surface area contributed by atoms with Gasteiger partial charge in [0.15, 0.2) is 5.65 Å². The number of urea groups is 1. The Bertz CT molecular complexity index is 1030. The number of rotatable bonds is 7. The molecule has 0 unspecified atom stereocenters. The van der Waals surface area contributed by atoms with Gasteiger partial charge in [-0.25, -0.2) is 19.2 Å². The summed E-state index contributed by atoms with van der Waals surface area (Å²) in [5, 5.41) is 2.93. The molecule has 1 aromatic carbocycles. The fourth-order valence-corrected chi connectivity index (χ4v) is 3.78. The van der Waals surface area contributed by atoms with Crippen molar-refractivity contribution >= 4 is 17.2 Å². The molecule has 8 nitrogen and oxygen atoms in total. The second-order valence-corrected chi connectivity index (χ2v) is 7.53. The number of aromatic nitrogens is 3. The monoisotopic (exact) mass is 426 g/mol. The van der Waals surface area contributed by atoms with Crippen LogP contribution in [0.15, 0.2) is 42.6 Å². The highest BCUT2D eigenvalue weighted by molar-refractivity contribution is 5.74. The third kappa shape index (κ3) is 5.00. The summed E-state index contributed by atoms with van der Waals surface area (Å²) >= 11 is 0. The van der Waals surface area contributed by atoms with Crippen molar-refractivity contribution < 1.29 is 13.9 Å². The summed E-state index contributed by atoms with van der Waals surface area (Å²) in [7, 11) is 1.65. The van der Waals surface area contributed by atoms with Crippen molar-refractivity contribution in [2.45, 2.75) is 13.0 Å². The molecule has 1 N–H and O–H groups in total. The first-order valence-corrected chi connectivity index (χ1v) is 10.5. The Labute approximate surface area is 180 Å². The Morgan fingerprint density at radius 3 is 2.81 bits per heavy atom. The minimum Gasteiger partial charge on any atom is -0.385 e. The summed E-state index contributed by atoms with van der Waals surface area (Å²) in [6.45, 7) is 4.61. The van der Waals surface area contributed by atoms with Crippen molar-refractivity contribution in [2.75, 3.05) is 46.4 Å². The van der Waals surface area contributed by atoms with Crippen molar-refractivity contribution in [3.63, 3.8) is 0 Å². The van der Waals surface area contributed by atoms with Gasteiger partial charge in [-0.15, -0.1) is 0 Å². The second-order valence-electron chi connectivity index (χ2n) is 7.53. The number of ether oxygens (including phenoxy) is 1. The molecule has 0 aliphatic carbocycles. The molecule has 2 aromatic heterocycles. The summed E-state index contributed by atoms with van der Waals surface area (Å²) in [5.41, 5.74) is 2.18. The van der Waals surface area contributed by atoms with E-state index in [1.807, 2.05) is 27.7 Å². The average Bonchev–Trinajstić information content (AvgIpc) is 3.15. The first kappa shape index (κ1) is 21.2. The number of pyridine rings is 1. The molecular weight excluding hydrogens is 399 g/mol. The van der Waals surface area contributed by atoms with Gasteiger partial charge in [0.1, 0.15) is 17.2 Å². The quantitative estimate of drug-likeness (QED) is 0.588. The summed E-state index contributed by atoms with van der Waals surface area (Å²) in [5.74, 6) is 0.503. The van der Waals surface area contributed by atoms with Crippen LogP contribution in [0.2, 0.25) is 0 Å². The summed E-state index contributed by atoms with van der Waals surface area (Å²) < 4.78 is 20.8. The van der Waals surface area contributed by atoms with E-state index in [9.17, 15) is 9.18 Å². The predicted molar refractivity (Wildman–Crippen MR) is 116 cm³/mol. The van der Waals surface area contributed by atoms with Crippen molar-refractivity contribution in [3.8, 4) is 5.69 Å². The Morgan fingerprint density at radius 2 is 2.03 bits per heavy atom. The van der Waals surface area contributed by atoms with Gasteiger partial charge in [-0.2, -0.15) is 0 Å². The number of piperazine rings is 1. The zero-order valence-electron chi connectivity index (χ0n) is 17.6. The van der Waals surface area contributed by atoms with Crippen LogP contribution in [0.5, 0.6) is 0 Å². The number of nitrogens with zero attached hydrogens (tertiary/aromatic N) is 5. The number of nitrogens with one attached hydrogen (secondary N) is 1. The normalized spacial score (nSPS) is 14.8. The fraction of sp³-hybridized carbons (Fsp3) is 0.409. The van der Waals surface area contributed by atoms with Gasteiger partial charge in [-0.05, 0) is 36.8 Å². The topological polar surface area (TPSA) is 75.5 Å². The van der Waals surface area contributed by atoms with Crippen LogP contribution in [-0.2, 0) is 11.3 Å². The summed E-state index contributed by atoms with van der Waals surface area (Å²) in [6.07, 6.45) is 2.51. The fourth-order valence-electron chi connectivity index (χ4n) is 3.78.